The summed E-state index contributed by atoms with van der Waals surface area (Å²) in [5.74, 6) is 0.536. The number of amides is 1. The van der Waals surface area contributed by atoms with E-state index >= 15 is 0 Å². The Kier molecular flexibility index (Phi) is 8.79. The van der Waals surface area contributed by atoms with Gasteiger partial charge in [0.05, 0.1) is 6.42 Å². The Morgan fingerprint density at radius 1 is 0.946 bits per heavy atom. The lowest BCUT2D eigenvalue weighted by atomic mass is 10.1. The van der Waals surface area contributed by atoms with E-state index < -0.39 is 17.3 Å². The number of aryl methyl sites for hydroxylation is 1. The molecule has 0 radical (unpaired) electrons. The van der Waals surface area contributed by atoms with E-state index in [1.165, 1.54) is 4.90 Å². The molecule has 0 spiro atoms. The number of benzene rings is 2. The molecule has 0 saturated carbocycles. The van der Waals surface area contributed by atoms with Crippen LogP contribution in [0.4, 0.5) is 4.79 Å². The van der Waals surface area contributed by atoms with Crippen LogP contribution in [-0.2, 0) is 20.8 Å². The summed E-state index contributed by atoms with van der Waals surface area (Å²) in [6.45, 7) is 13.3. The monoisotopic (exact) mass is 571 g/mol. The zero-order chi connectivity index (χ0) is 27.4. The molecule has 2 aromatic carbocycles. The van der Waals surface area contributed by atoms with Crippen LogP contribution in [0, 0.1) is 6.92 Å². The first kappa shape index (κ1) is 28.4. The highest BCUT2D eigenvalue weighted by atomic mass is 79.9. The topological polar surface area (TPSA) is 94.8 Å². The molecule has 0 aliphatic heterocycles. The maximum Gasteiger partial charge on any atom is 0.410 e. The molecule has 3 aromatic rings. The predicted molar refractivity (Wildman–Crippen MR) is 145 cm³/mol. The maximum absolute atomic E-state index is 12.8. The molecule has 0 fully saturated rings. The summed E-state index contributed by atoms with van der Waals surface area (Å²) in [4.78, 5) is 31.1. The largest absolute Gasteiger partial charge is 0.460 e. The van der Waals surface area contributed by atoms with Gasteiger partial charge in [0.2, 0.25) is 5.82 Å². The molecule has 37 heavy (non-hydrogen) atoms. The number of esters is 1. The highest BCUT2D eigenvalue weighted by Gasteiger charge is 2.24. The van der Waals surface area contributed by atoms with Gasteiger partial charge in [0.1, 0.15) is 11.2 Å². The van der Waals surface area contributed by atoms with E-state index in [0.717, 1.165) is 26.7 Å². The smallest absolute Gasteiger partial charge is 0.410 e. The number of carbonyl (C=O) groups excluding carboxylic acids is 2. The van der Waals surface area contributed by atoms with Gasteiger partial charge in [-0.1, -0.05) is 45.4 Å². The van der Waals surface area contributed by atoms with Crippen LogP contribution in [0.3, 0.4) is 0 Å². The lowest BCUT2D eigenvalue weighted by molar-refractivity contribution is -0.155. The van der Waals surface area contributed by atoms with Gasteiger partial charge in [0.15, 0.2) is 0 Å². The third-order valence-electron chi connectivity index (χ3n) is 5.07. The van der Waals surface area contributed by atoms with E-state index in [0.29, 0.717) is 11.7 Å². The van der Waals surface area contributed by atoms with Gasteiger partial charge in [0.25, 0.3) is 5.89 Å². The zero-order valence-corrected chi connectivity index (χ0v) is 24.0. The van der Waals surface area contributed by atoms with Crippen molar-refractivity contribution in [3.63, 3.8) is 0 Å². The van der Waals surface area contributed by atoms with E-state index in [1.807, 2.05) is 70.2 Å². The minimum Gasteiger partial charge on any atom is -0.460 e. The van der Waals surface area contributed by atoms with Gasteiger partial charge in [-0.25, -0.2) is 4.79 Å². The summed E-state index contributed by atoms with van der Waals surface area (Å²) in [5.41, 5.74) is 2.32. The number of rotatable bonds is 7. The van der Waals surface area contributed by atoms with Crippen molar-refractivity contribution >= 4 is 28.0 Å². The first-order valence-corrected chi connectivity index (χ1v) is 12.9. The molecule has 1 amide bonds. The van der Waals surface area contributed by atoms with Gasteiger partial charge in [-0.2, -0.15) is 4.98 Å². The van der Waals surface area contributed by atoms with Crippen molar-refractivity contribution in [1.82, 2.24) is 15.0 Å². The van der Waals surface area contributed by atoms with Gasteiger partial charge in [-0.15, -0.1) is 0 Å². The third kappa shape index (κ3) is 8.70. The van der Waals surface area contributed by atoms with Gasteiger partial charge in [-0.05, 0) is 77.8 Å². The first-order chi connectivity index (χ1) is 17.2. The number of hydrogen-bond acceptors (Lipinski definition) is 7. The number of nitrogens with zero attached hydrogens (tertiary/aromatic N) is 3. The fraction of sp³-hybridized carbons (Fsp3) is 0.429. The summed E-state index contributed by atoms with van der Waals surface area (Å²) in [5, 5.41) is 4.12. The van der Waals surface area contributed by atoms with Crippen molar-refractivity contribution < 1.29 is 23.6 Å². The van der Waals surface area contributed by atoms with Crippen LogP contribution in [0.15, 0.2) is 51.5 Å². The van der Waals surface area contributed by atoms with Crippen molar-refractivity contribution in [2.24, 2.45) is 0 Å². The van der Waals surface area contributed by atoms with Crippen LogP contribution in [-0.4, -0.2) is 44.8 Å². The van der Waals surface area contributed by atoms with Gasteiger partial charge >= 0.3 is 12.1 Å². The molecule has 1 heterocycles. The van der Waals surface area contributed by atoms with E-state index in [1.54, 1.807) is 20.8 Å². The lowest BCUT2D eigenvalue weighted by Gasteiger charge is -2.28. The van der Waals surface area contributed by atoms with Crippen molar-refractivity contribution in [2.75, 3.05) is 6.54 Å². The van der Waals surface area contributed by atoms with Crippen LogP contribution in [0.2, 0.25) is 0 Å². The molecular weight excluding hydrogens is 538 g/mol. The molecule has 198 valence electrons. The summed E-state index contributed by atoms with van der Waals surface area (Å²) >= 11 is 3.50. The Hall–Kier alpha value is -3.20. The average molecular weight is 573 g/mol. The standard InChI is InChI=1S/C28H34BrN3O5/c1-18-16-21(12-13-22(18)29)25-30-24(31-37-25)20-10-8-19(9-11-20)17-32(26(34)36-28(5,6)7)15-14-23(33)35-27(2,3)4/h8-13,16H,14-15,17H2,1-7H3. The lowest BCUT2D eigenvalue weighted by Crippen LogP contribution is -2.38. The van der Waals surface area contributed by atoms with E-state index in [-0.39, 0.29) is 25.5 Å². The molecule has 0 unspecified atom stereocenters. The van der Waals surface area contributed by atoms with E-state index in [4.69, 9.17) is 14.0 Å². The molecule has 1 aromatic heterocycles. The molecule has 8 nitrogen and oxygen atoms in total. The average Bonchev–Trinajstić information content (AvgIpc) is 3.27. The summed E-state index contributed by atoms with van der Waals surface area (Å²) in [6.07, 6.45) is -0.428. The van der Waals surface area contributed by atoms with Crippen molar-refractivity contribution in [1.29, 1.82) is 0 Å². The number of hydrogen-bond donors (Lipinski definition) is 0. The molecular formula is C28H34BrN3O5. The Bertz CT molecular complexity index is 1240. The third-order valence-corrected chi connectivity index (χ3v) is 5.96. The normalized spacial score (nSPS) is 11.8. The molecule has 0 bridgehead atoms. The highest BCUT2D eigenvalue weighted by molar-refractivity contribution is 9.10. The molecule has 9 heteroatoms. The number of ether oxygens (including phenoxy) is 2. The zero-order valence-electron chi connectivity index (χ0n) is 22.4. The molecule has 0 atom stereocenters. The summed E-state index contributed by atoms with van der Waals surface area (Å²) in [6, 6.07) is 13.4. The molecule has 0 aliphatic rings. The number of carbonyl (C=O) groups is 2. The second kappa shape index (κ2) is 11.5. The minimum atomic E-state index is -0.658. The Labute approximate surface area is 226 Å². The SMILES string of the molecule is Cc1cc(-c2nc(-c3ccc(CN(CCC(=O)OC(C)(C)C)C(=O)OC(C)(C)C)cc3)no2)ccc1Br. The predicted octanol–water partition coefficient (Wildman–Crippen LogP) is 6.94. The molecule has 0 N–H and O–H groups in total. The fourth-order valence-corrected chi connectivity index (χ4v) is 3.64. The Morgan fingerprint density at radius 2 is 1.57 bits per heavy atom. The summed E-state index contributed by atoms with van der Waals surface area (Å²) in [7, 11) is 0. The molecule has 0 saturated heterocycles. The van der Waals surface area contributed by atoms with Crippen LogP contribution in [0.5, 0.6) is 0 Å². The Morgan fingerprint density at radius 3 is 2.16 bits per heavy atom. The maximum atomic E-state index is 12.8. The van der Waals surface area contributed by atoms with E-state index in [9.17, 15) is 9.59 Å². The quantitative estimate of drug-likeness (QED) is 0.283. The van der Waals surface area contributed by atoms with Crippen molar-refractivity contribution in [3.05, 3.63) is 58.1 Å². The number of halogens is 1. The van der Waals surface area contributed by atoms with Crippen molar-refractivity contribution in [3.8, 4) is 22.8 Å². The summed E-state index contributed by atoms with van der Waals surface area (Å²) < 4.78 is 17.4. The second-order valence-electron chi connectivity index (χ2n) is 10.8. The van der Waals surface area contributed by atoms with Gasteiger partial charge in [0, 0.05) is 28.7 Å². The van der Waals surface area contributed by atoms with Gasteiger partial charge in [-0.3, -0.25) is 4.79 Å². The van der Waals surface area contributed by atoms with Gasteiger partial charge < -0.3 is 18.9 Å². The second-order valence-corrected chi connectivity index (χ2v) is 11.7. The highest BCUT2D eigenvalue weighted by Crippen LogP contribution is 2.26. The minimum absolute atomic E-state index is 0.0652. The van der Waals surface area contributed by atoms with Crippen LogP contribution < -0.4 is 0 Å². The molecule has 3 rings (SSSR count). The van der Waals surface area contributed by atoms with E-state index in [2.05, 4.69) is 26.1 Å². The van der Waals surface area contributed by atoms with Crippen LogP contribution in [0.25, 0.3) is 22.8 Å². The first-order valence-electron chi connectivity index (χ1n) is 12.1. The van der Waals surface area contributed by atoms with Crippen molar-refractivity contribution in [2.45, 2.75) is 72.6 Å². The Balaban J connectivity index is 1.72. The van der Waals surface area contributed by atoms with Crippen LogP contribution >= 0.6 is 15.9 Å². The number of aromatic nitrogens is 2. The van der Waals surface area contributed by atoms with Crippen LogP contribution in [0.1, 0.15) is 59.1 Å². The molecule has 0 aliphatic carbocycles. The fourth-order valence-electron chi connectivity index (χ4n) is 3.40.